The van der Waals surface area contributed by atoms with E-state index in [1.165, 1.54) is 17.0 Å². The molecule has 0 saturated carbocycles. The highest BCUT2D eigenvalue weighted by molar-refractivity contribution is 5.88. The number of hydrogen-bond acceptors (Lipinski definition) is 6. The number of ether oxygens (including phenoxy) is 3. The molecule has 8 nitrogen and oxygen atoms in total. The molecule has 0 radical (unpaired) electrons. The molecule has 1 aliphatic rings. The van der Waals surface area contributed by atoms with E-state index in [9.17, 15) is 18.8 Å². The molecule has 1 heterocycles. The number of esters is 1. The van der Waals surface area contributed by atoms with Gasteiger partial charge in [-0.1, -0.05) is 60.7 Å². The van der Waals surface area contributed by atoms with E-state index < -0.39 is 35.7 Å². The molecule has 0 spiro atoms. The summed E-state index contributed by atoms with van der Waals surface area (Å²) in [7, 11) is 0. The zero-order chi connectivity index (χ0) is 33.6. The number of carbonyl (C=O) groups excluding carboxylic acids is 3. The molecule has 0 saturated heterocycles. The quantitative estimate of drug-likeness (QED) is 0.150. The second kappa shape index (κ2) is 14.5. The van der Waals surface area contributed by atoms with Crippen molar-refractivity contribution in [3.8, 4) is 22.6 Å². The second-order valence-corrected chi connectivity index (χ2v) is 12.4. The Kier molecular flexibility index (Phi) is 10.2. The third-order valence-corrected chi connectivity index (χ3v) is 7.70. The predicted molar refractivity (Wildman–Crippen MR) is 176 cm³/mol. The number of nitrogens with zero attached hydrogens (tertiary/aromatic N) is 1. The smallest absolute Gasteiger partial charge is 0.411 e. The van der Waals surface area contributed by atoms with E-state index in [1.807, 2.05) is 61.5 Å². The van der Waals surface area contributed by atoms with E-state index in [-0.39, 0.29) is 25.3 Å². The predicted octanol–water partition coefficient (Wildman–Crippen LogP) is 7.58. The summed E-state index contributed by atoms with van der Waals surface area (Å²) in [4.78, 5) is 41.1. The van der Waals surface area contributed by atoms with E-state index in [4.69, 9.17) is 14.2 Å². The van der Waals surface area contributed by atoms with Gasteiger partial charge in [0.05, 0.1) is 6.42 Å². The minimum Gasteiger partial charge on any atom is -0.486 e. The minimum absolute atomic E-state index is 0.00550. The van der Waals surface area contributed by atoms with Crippen LogP contribution < -0.4 is 14.8 Å². The van der Waals surface area contributed by atoms with E-state index >= 15 is 0 Å². The van der Waals surface area contributed by atoms with Crippen molar-refractivity contribution in [1.82, 2.24) is 10.2 Å². The Labute approximate surface area is 274 Å². The van der Waals surface area contributed by atoms with Crippen LogP contribution in [0.25, 0.3) is 11.1 Å². The maximum Gasteiger partial charge on any atom is 0.411 e. The van der Waals surface area contributed by atoms with E-state index in [0.29, 0.717) is 23.5 Å². The molecule has 9 heteroatoms. The summed E-state index contributed by atoms with van der Waals surface area (Å²) in [5.74, 6) is -0.402. The van der Waals surface area contributed by atoms with Gasteiger partial charge in [-0.3, -0.25) is 14.5 Å². The van der Waals surface area contributed by atoms with Crippen molar-refractivity contribution in [2.24, 2.45) is 0 Å². The summed E-state index contributed by atoms with van der Waals surface area (Å²) >= 11 is 0. The van der Waals surface area contributed by atoms with E-state index in [1.54, 1.807) is 51.1 Å². The van der Waals surface area contributed by atoms with Gasteiger partial charge in [-0.2, -0.15) is 0 Å². The fourth-order valence-electron chi connectivity index (χ4n) is 5.39. The third kappa shape index (κ3) is 8.76. The van der Waals surface area contributed by atoms with Crippen molar-refractivity contribution < 1.29 is 33.0 Å². The summed E-state index contributed by atoms with van der Waals surface area (Å²) in [6.45, 7) is 7.42. The highest BCUT2D eigenvalue weighted by Gasteiger charge is 2.38. The number of hydrogen-bond donors (Lipinski definition) is 1. The Morgan fingerprint density at radius 1 is 0.894 bits per heavy atom. The average molecular weight is 639 g/mol. The summed E-state index contributed by atoms with van der Waals surface area (Å²) < 4.78 is 30.7. The van der Waals surface area contributed by atoms with Gasteiger partial charge in [-0.05, 0) is 98.3 Å². The maximum absolute atomic E-state index is 13.8. The molecule has 5 rings (SSSR count). The molecule has 244 valence electrons. The number of rotatable bonds is 9. The van der Waals surface area contributed by atoms with Gasteiger partial charge in [0, 0.05) is 13.1 Å². The normalized spacial score (nSPS) is 14.8. The summed E-state index contributed by atoms with van der Waals surface area (Å²) in [6, 6.07) is 27.6. The first-order chi connectivity index (χ1) is 22.5. The van der Waals surface area contributed by atoms with Crippen LogP contribution in [0.15, 0.2) is 97.1 Å². The van der Waals surface area contributed by atoms with Gasteiger partial charge < -0.3 is 19.5 Å². The van der Waals surface area contributed by atoms with E-state index in [2.05, 4.69) is 5.32 Å². The lowest BCUT2D eigenvalue weighted by Gasteiger charge is -2.37. The van der Waals surface area contributed by atoms with Crippen molar-refractivity contribution in [3.63, 3.8) is 0 Å². The van der Waals surface area contributed by atoms with Crippen LogP contribution in [0.1, 0.15) is 63.0 Å². The fraction of sp³-hybridized carbons (Fsp3) is 0.289. The first kappa shape index (κ1) is 33.2. The molecule has 0 aromatic heterocycles. The van der Waals surface area contributed by atoms with Crippen LogP contribution in [-0.4, -0.2) is 41.6 Å². The lowest BCUT2D eigenvalue weighted by atomic mass is 9.92. The van der Waals surface area contributed by atoms with Crippen LogP contribution in [-0.2, 0) is 20.7 Å². The molecule has 0 fully saturated rings. The molecule has 0 unspecified atom stereocenters. The number of amides is 2. The molecule has 1 aliphatic heterocycles. The molecule has 1 N–H and O–H groups in total. The van der Waals surface area contributed by atoms with Gasteiger partial charge in [0.25, 0.3) is 0 Å². The molecule has 0 bridgehead atoms. The Morgan fingerprint density at radius 2 is 1.55 bits per heavy atom. The van der Waals surface area contributed by atoms with Crippen LogP contribution in [0.2, 0.25) is 0 Å². The van der Waals surface area contributed by atoms with E-state index in [0.717, 1.165) is 22.3 Å². The number of halogens is 1. The van der Waals surface area contributed by atoms with Gasteiger partial charge in [-0.15, -0.1) is 0 Å². The van der Waals surface area contributed by atoms with Crippen molar-refractivity contribution >= 4 is 18.0 Å². The number of nitrogens with one attached hydrogen (secondary N) is 1. The van der Waals surface area contributed by atoms with Crippen LogP contribution in [0.3, 0.4) is 0 Å². The molecule has 4 aromatic rings. The molecule has 4 aromatic carbocycles. The molecule has 47 heavy (non-hydrogen) atoms. The number of benzene rings is 4. The van der Waals surface area contributed by atoms with Crippen molar-refractivity contribution in [2.45, 2.75) is 58.3 Å². The van der Waals surface area contributed by atoms with Crippen molar-refractivity contribution in [3.05, 3.63) is 120 Å². The third-order valence-electron chi connectivity index (χ3n) is 7.70. The van der Waals surface area contributed by atoms with Crippen molar-refractivity contribution in [2.75, 3.05) is 13.1 Å². The minimum atomic E-state index is -1.01. The Morgan fingerprint density at radius 3 is 2.23 bits per heavy atom. The molecular weight excluding hydrogens is 599 g/mol. The first-order valence-corrected chi connectivity index (χ1v) is 15.7. The highest BCUT2D eigenvalue weighted by Crippen LogP contribution is 2.35. The summed E-state index contributed by atoms with van der Waals surface area (Å²) in [6.07, 6.45) is -0.572. The lowest BCUT2D eigenvalue weighted by molar-refractivity contribution is -0.134. The topological polar surface area (TPSA) is 94.2 Å². The molecule has 2 atom stereocenters. The van der Waals surface area contributed by atoms with Gasteiger partial charge in [0.1, 0.15) is 35.1 Å². The fourth-order valence-corrected chi connectivity index (χ4v) is 5.39. The number of fused-ring (bicyclic) bond motifs is 1. The Hall–Kier alpha value is -5.18. The summed E-state index contributed by atoms with van der Waals surface area (Å²) in [5, 5.41) is 2.81. The first-order valence-electron chi connectivity index (χ1n) is 15.7. The van der Waals surface area contributed by atoms with Gasteiger partial charge >= 0.3 is 12.1 Å². The van der Waals surface area contributed by atoms with Gasteiger partial charge in [-0.25, -0.2) is 9.18 Å². The summed E-state index contributed by atoms with van der Waals surface area (Å²) in [5.41, 5.74) is 3.57. The van der Waals surface area contributed by atoms with Crippen LogP contribution in [0, 0.1) is 5.82 Å². The molecule has 2 amide bonds. The number of carbonyl (C=O) groups is 3. The monoisotopic (exact) mass is 638 g/mol. The maximum atomic E-state index is 13.8. The standard InChI is InChI=1S/C38H39FN2O6/c1-25(26-10-15-30(39)16-11-26)45-32-19-14-29-21-23-41(37(44)47-38(2,3)4)35(33(29)24-32)36(43)40-22-20-34(42)46-31-17-12-28(13-18-31)27-8-6-5-7-9-27/h5-19,24-25,35H,20-23H2,1-4H3,(H,40,43)/t25-,35-/m0/s1. The SMILES string of the molecule is C[C@H](Oc1ccc2c(c1)[C@@H](C(=O)NCCC(=O)Oc1ccc(-c3ccccc3)cc1)N(C(=O)OC(C)(C)C)CC2)c1ccc(F)cc1. The molecular formula is C38H39FN2O6. The molecule has 0 aliphatic carbocycles. The second-order valence-electron chi connectivity index (χ2n) is 12.4. The van der Waals surface area contributed by atoms with Gasteiger partial charge in [0.15, 0.2) is 0 Å². The lowest BCUT2D eigenvalue weighted by Crippen LogP contribution is -2.49. The van der Waals surface area contributed by atoms with Crippen LogP contribution in [0.4, 0.5) is 9.18 Å². The van der Waals surface area contributed by atoms with Crippen LogP contribution >= 0.6 is 0 Å². The van der Waals surface area contributed by atoms with Gasteiger partial charge in [0.2, 0.25) is 5.91 Å². The zero-order valence-corrected chi connectivity index (χ0v) is 27.0. The Bertz CT molecular complexity index is 1700. The van der Waals surface area contributed by atoms with Crippen molar-refractivity contribution in [1.29, 1.82) is 0 Å². The largest absolute Gasteiger partial charge is 0.486 e. The average Bonchev–Trinajstić information content (AvgIpc) is 3.04. The van der Waals surface area contributed by atoms with Crippen LogP contribution in [0.5, 0.6) is 11.5 Å². The highest BCUT2D eigenvalue weighted by atomic mass is 19.1. The zero-order valence-electron chi connectivity index (χ0n) is 27.0. The Balaban J connectivity index is 1.27.